The van der Waals surface area contributed by atoms with E-state index in [-0.39, 0.29) is 23.9 Å². The highest BCUT2D eigenvalue weighted by Crippen LogP contribution is 2.22. The lowest BCUT2D eigenvalue weighted by molar-refractivity contribution is -0.121. The number of carbonyl (C=O) groups excluding carboxylic acids is 1. The van der Waals surface area contributed by atoms with E-state index in [0.717, 1.165) is 17.8 Å². The van der Waals surface area contributed by atoms with Gasteiger partial charge in [0.2, 0.25) is 5.91 Å². The van der Waals surface area contributed by atoms with Crippen LogP contribution in [0.25, 0.3) is 16.2 Å². The molecule has 0 aliphatic carbocycles. The summed E-state index contributed by atoms with van der Waals surface area (Å²) >= 11 is 1.37. The summed E-state index contributed by atoms with van der Waals surface area (Å²) in [5.74, 6) is -0.0931. The summed E-state index contributed by atoms with van der Waals surface area (Å²) in [6.45, 7) is 7.69. The van der Waals surface area contributed by atoms with Crippen LogP contribution < -0.4 is 10.9 Å². The topological polar surface area (TPSA) is 81.3 Å². The molecule has 0 bridgehead atoms. The molecular weight excluding hydrogens is 350 g/mol. The Labute approximate surface area is 155 Å². The molecule has 0 saturated heterocycles. The molecular formula is C18H23N5O2S. The number of aryl methyl sites for hydroxylation is 3. The quantitative estimate of drug-likeness (QED) is 0.744. The van der Waals surface area contributed by atoms with Crippen LogP contribution in [-0.2, 0) is 18.3 Å². The van der Waals surface area contributed by atoms with E-state index in [0.29, 0.717) is 21.9 Å². The fourth-order valence-corrected chi connectivity index (χ4v) is 3.89. The summed E-state index contributed by atoms with van der Waals surface area (Å²) < 4.78 is 3.24. The molecule has 0 spiro atoms. The van der Waals surface area contributed by atoms with E-state index < -0.39 is 0 Å². The van der Waals surface area contributed by atoms with Gasteiger partial charge in [0.1, 0.15) is 0 Å². The number of nitrogens with one attached hydrogen (secondary N) is 1. The standard InChI is InChI=1S/C18H23N5O2S/c1-6-10(2)19-15(24)8-13-9-26-18-20-12(4)16(17(25)23(13)18)14-7-11(3)21-22(14)5/h7,9-10H,6,8H2,1-5H3,(H,19,24)/t10-/m1/s1. The lowest BCUT2D eigenvalue weighted by Gasteiger charge is -2.11. The van der Waals surface area contributed by atoms with Crippen molar-refractivity contribution in [3.8, 4) is 11.3 Å². The van der Waals surface area contributed by atoms with E-state index in [1.807, 2.05) is 46.2 Å². The molecule has 26 heavy (non-hydrogen) atoms. The Balaban J connectivity index is 2.09. The van der Waals surface area contributed by atoms with Crippen molar-refractivity contribution in [2.45, 2.75) is 46.6 Å². The second-order valence-corrected chi connectivity index (χ2v) is 7.41. The third kappa shape index (κ3) is 3.29. The molecule has 3 aromatic rings. The first-order chi connectivity index (χ1) is 12.3. The number of fused-ring (bicyclic) bond motifs is 1. The van der Waals surface area contributed by atoms with Crippen LogP contribution in [-0.4, -0.2) is 31.1 Å². The molecule has 0 fully saturated rings. The second kappa shape index (κ2) is 7.03. The van der Waals surface area contributed by atoms with E-state index in [9.17, 15) is 9.59 Å². The Kier molecular flexibility index (Phi) is 4.95. The van der Waals surface area contributed by atoms with E-state index in [4.69, 9.17) is 0 Å². The van der Waals surface area contributed by atoms with Crippen LogP contribution in [0.4, 0.5) is 0 Å². The average molecular weight is 373 g/mol. The number of carbonyl (C=O) groups is 1. The minimum Gasteiger partial charge on any atom is -0.353 e. The normalized spacial score (nSPS) is 12.5. The first kappa shape index (κ1) is 18.3. The van der Waals surface area contributed by atoms with Crippen LogP contribution >= 0.6 is 11.3 Å². The van der Waals surface area contributed by atoms with Crippen molar-refractivity contribution in [2.75, 3.05) is 0 Å². The van der Waals surface area contributed by atoms with E-state index >= 15 is 0 Å². The Morgan fingerprint density at radius 3 is 2.73 bits per heavy atom. The first-order valence-electron chi connectivity index (χ1n) is 8.62. The molecule has 138 valence electrons. The molecule has 3 heterocycles. The second-order valence-electron chi connectivity index (χ2n) is 6.57. The van der Waals surface area contributed by atoms with Gasteiger partial charge in [0.15, 0.2) is 4.96 Å². The Morgan fingerprint density at radius 2 is 2.12 bits per heavy atom. The monoisotopic (exact) mass is 373 g/mol. The third-order valence-electron chi connectivity index (χ3n) is 4.44. The van der Waals surface area contributed by atoms with Crippen molar-refractivity contribution >= 4 is 22.2 Å². The van der Waals surface area contributed by atoms with Crippen LogP contribution in [0.2, 0.25) is 0 Å². The highest BCUT2D eigenvalue weighted by Gasteiger charge is 2.19. The van der Waals surface area contributed by atoms with E-state index in [2.05, 4.69) is 15.4 Å². The van der Waals surface area contributed by atoms with Gasteiger partial charge in [-0.15, -0.1) is 11.3 Å². The number of hydrogen-bond donors (Lipinski definition) is 1. The van der Waals surface area contributed by atoms with E-state index in [1.54, 1.807) is 9.08 Å². The minimum atomic E-state index is -0.164. The molecule has 8 heteroatoms. The molecule has 3 aromatic heterocycles. The van der Waals surface area contributed by atoms with Gasteiger partial charge < -0.3 is 5.32 Å². The van der Waals surface area contributed by atoms with E-state index in [1.165, 1.54) is 11.3 Å². The van der Waals surface area contributed by atoms with Crippen molar-refractivity contribution in [2.24, 2.45) is 7.05 Å². The molecule has 0 aliphatic heterocycles. The molecule has 0 saturated carbocycles. The van der Waals surface area contributed by atoms with Crippen LogP contribution in [0, 0.1) is 13.8 Å². The van der Waals surface area contributed by atoms with Gasteiger partial charge in [0.05, 0.1) is 29.1 Å². The zero-order chi connectivity index (χ0) is 19.0. The lowest BCUT2D eigenvalue weighted by Crippen LogP contribution is -2.34. The Bertz CT molecular complexity index is 1030. The average Bonchev–Trinajstić information content (AvgIpc) is 3.10. The maximum absolute atomic E-state index is 13.2. The molecule has 0 unspecified atom stereocenters. The lowest BCUT2D eigenvalue weighted by atomic mass is 10.1. The van der Waals surface area contributed by atoms with Gasteiger partial charge in [-0.1, -0.05) is 6.92 Å². The summed E-state index contributed by atoms with van der Waals surface area (Å²) in [4.78, 5) is 30.6. The zero-order valence-corrected chi connectivity index (χ0v) is 16.5. The minimum absolute atomic E-state index is 0.0931. The number of aromatic nitrogens is 4. The zero-order valence-electron chi connectivity index (χ0n) is 15.7. The number of nitrogens with zero attached hydrogens (tertiary/aromatic N) is 4. The van der Waals surface area contributed by atoms with Gasteiger partial charge in [-0.25, -0.2) is 4.98 Å². The molecule has 3 rings (SSSR count). The molecule has 1 N–H and O–H groups in total. The van der Waals surface area contributed by atoms with Crippen LogP contribution in [0.5, 0.6) is 0 Å². The molecule has 1 amide bonds. The van der Waals surface area contributed by atoms with Crippen molar-refractivity contribution in [3.05, 3.63) is 38.9 Å². The Morgan fingerprint density at radius 1 is 1.38 bits per heavy atom. The molecule has 0 aliphatic rings. The highest BCUT2D eigenvalue weighted by molar-refractivity contribution is 7.15. The van der Waals surface area contributed by atoms with Crippen molar-refractivity contribution in [1.29, 1.82) is 0 Å². The van der Waals surface area contributed by atoms with Crippen LogP contribution in [0.15, 0.2) is 16.2 Å². The van der Waals surface area contributed by atoms with Gasteiger partial charge in [-0.05, 0) is 33.3 Å². The van der Waals surface area contributed by atoms with Crippen molar-refractivity contribution in [1.82, 2.24) is 24.5 Å². The van der Waals surface area contributed by atoms with Gasteiger partial charge in [0, 0.05) is 24.2 Å². The molecule has 1 atom stereocenters. The third-order valence-corrected chi connectivity index (χ3v) is 5.32. The first-order valence-corrected chi connectivity index (χ1v) is 9.49. The summed E-state index contributed by atoms with van der Waals surface area (Å²) in [5, 5.41) is 9.10. The smallest absolute Gasteiger partial charge is 0.268 e. The summed E-state index contributed by atoms with van der Waals surface area (Å²) in [6, 6.07) is 1.98. The SMILES string of the molecule is CC[C@@H](C)NC(=O)Cc1csc2nc(C)c(-c3cc(C)nn3C)c(=O)n12. The number of amides is 1. The fourth-order valence-electron chi connectivity index (χ4n) is 2.96. The maximum Gasteiger partial charge on any atom is 0.268 e. The largest absolute Gasteiger partial charge is 0.353 e. The van der Waals surface area contributed by atoms with Gasteiger partial charge in [-0.2, -0.15) is 5.10 Å². The summed E-state index contributed by atoms with van der Waals surface area (Å²) in [6.07, 6.45) is 1.01. The highest BCUT2D eigenvalue weighted by atomic mass is 32.1. The fraction of sp³-hybridized carbons (Fsp3) is 0.444. The van der Waals surface area contributed by atoms with Crippen LogP contribution in [0.3, 0.4) is 0 Å². The molecule has 0 aromatic carbocycles. The van der Waals surface area contributed by atoms with Gasteiger partial charge >= 0.3 is 0 Å². The Hall–Kier alpha value is -2.48. The predicted molar refractivity (Wildman–Crippen MR) is 103 cm³/mol. The van der Waals surface area contributed by atoms with Crippen molar-refractivity contribution in [3.63, 3.8) is 0 Å². The van der Waals surface area contributed by atoms with Crippen molar-refractivity contribution < 1.29 is 4.79 Å². The molecule has 7 nitrogen and oxygen atoms in total. The number of thiazole rings is 1. The maximum atomic E-state index is 13.2. The summed E-state index contributed by atoms with van der Waals surface area (Å²) in [5.41, 5.74) is 3.24. The number of rotatable bonds is 5. The predicted octanol–water partition coefficient (Wildman–Crippen LogP) is 2.23. The van der Waals surface area contributed by atoms with Gasteiger partial charge in [0.25, 0.3) is 5.56 Å². The number of hydrogen-bond acceptors (Lipinski definition) is 5. The summed E-state index contributed by atoms with van der Waals surface area (Å²) in [7, 11) is 1.81. The van der Waals surface area contributed by atoms with Crippen LogP contribution in [0.1, 0.15) is 37.4 Å². The molecule has 0 radical (unpaired) electrons. The van der Waals surface area contributed by atoms with Gasteiger partial charge in [-0.3, -0.25) is 18.7 Å².